The van der Waals surface area contributed by atoms with Crippen molar-refractivity contribution in [1.29, 1.82) is 0 Å². The van der Waals surface area contributed by atoms with E-state index >= 15 is 0 Å². The molecule has 0 bridgehead atoms. The Bertz CT molecular complexity index is 162. The molecule has 1 heteroatoms. The summed E-state index contributed by atoms with van der Waals surface area (Å²) in [7, 11) is 0. The van der Waals surface area contributed by atoms with Crippen LogP contribution in [-0.2, 0) is 4.79 Å². The first-order chi connectivity index (χ1) is 5.09. The molecule has 0 aromatic heterocycles. The molecule has 1 rings (SSSR count). The average molecular weight is 154 g/mol. The lowest BCUT2D eigenvalue weighted by Crippen LogP contribution is -2.11. The van der Waals surface area contributed by atoms with Gasteiger partial charge < -0.3 is 0 Å². The summed E-state index contributed by atoms with van der Waals surface area (Å²) in [4.78, 5) is 11.5. The number of hydrogen-bond donors (Lipinski definition) is 0. The highest BCUT2D eigenvalue weighted by molar-refractivity contribution is 5.85. The van der Waals surface area contributed by atoms with E-state index in [0.29, 0.717) is 29.5 Å². The van der Waals surface area contributed by atoms with Gasteiger partial charge in [-0.2, -0.15) is 0 Å². The van der Waals surface area contributed by atoms with Gasteiger partial charge in [-0.1, -0.05) is 34.1 Å². The van der Waals surface area contributed by atoms with E-state index in [1.807, 2.05) is 0 Å². The molecular weight excluding hydrogens is 136 g/mol. The predicted molar refractivity (Wildman–Crippen MR) is 46.3 cm³/mol. The summed E-state index contributed by atoms with van der Waals surface area (Å²) in [6.07, 6.45) is 1.15. The molecule has 1 fully saturated rings. The monoisotopic (exact) mass is 154 g/mol. The molecule has 1 nitrogen and oxygen atoms in total. The third-order valence-electron chi connectivity index (χ3n) is 3.48. The summed E-state index contributed by atoms with van der Waals surface area (Å²) in [5.74, 6) is 2.32. The fourth-order valence-electron chi connectivity index (χ4n) is 2.44. The Morgan fingerprint density at radius 3 is 1.91 bits per heavy atom. The van der Waals surface area contributed by atoms with Crippen LogP contribution < -0.4 is 0 Å². The van der Waals surface area contributed by atoms with Crippen molar-refractivity contribution in [2.45, 2.75) is 34.1 Å². The van der Waals surface area contributed by atoms with E-state index in [0.717, 1.165) is 6.42 Å². The molecule has 0 N–H and O–H groups in total. The third-order valence-corrected chi connectivity index (χ3v) is 3.48. The van der Waals surface area contributed by atoms with Crippen LogP contribution >= 0.6 is 0 Å². The Morgan fingerprint density at radius 1 is 1.18 bits per heavy atom. The van der Waals surface area contributed by atoms with Gasteiger partial charge in [-0.15, -0.1) is 0 Å². The summed E-state index contributed by atoms with van der Waals surface area (Å²) >= 11 is 0. The molecule has 0 aromatic rings. The highest BCUT2D eigenvalue weighted by Crippen LogP contribution is 2.39. The molecule has 1 aliphatic carbocycles. The molecule has 0 aliphatic heterocycles. The van der Waals surface area contributed by atoms with Crippen LogP contribution in [0.25, 0.3) is 0 Å². The molecule has 64 valence electrons. The van der Waals surface area contributed by atoms with E-state index in [9.17, 15) is 4.79 Å². The van der Waals surface area contributed by atoms with Gasteiger partial charge in [-0.05, 0) is 11.8 Å². The molecule has 4 atom stereocenters. The quantitative estimate of drug-likeness (QED) is 0.567. The number of Topliss-reactive ketones (excluding diaryl/α,β-unsaturated/α-hetero) is 1. The Balaban J connectivity index is 2.77. The van der Waals surface area contributed by atoms with Gasteiger partial charge in [-0.25, -0.2) is 0 Å². The fourth-order valence-corrected chi connectivity index (χ4v) is 2.44. The van der Waals surface area contributed by atoms with Gasteiger partial charge in [0.1, 0.15) is 5.78 Å². The lowest BCUT2D eigenvalue weighted by atomic mass is 9.88. The lowest BCUT2D eigenvalue weighted by Gasteiger charge is -2.16. The SMILES string of the molecule is CCC1C(C)C(=O)C(C)C1C. The van der Waals surface area contributed by atoms with Crippen molar-refractivity contribution < 1.29 is 4.79 Å². The number of carbonyl (C=O) groups excluding carboxylic acids is 1. The standard InChI is InChI=1S/C10H18O/c1-5-9-6(2)7(3)10(11)8(9)4/h6-9H,5H2,1-4H3. The maximum Gasteiger partial charge on any atom is 0.139 e. The third kappa shape index (κ3) is 1.21. The molecule has 0 aromatic carbocycles. The van der Waals surface area contributed by atoms with Crippen molar-refractivity contribution in [3.63, 3.8) is 0 Å². The molecule has 0 saturated heterocycles. The number of carbonyl (C=O) groups is 1. The largest absolute Gasteiger partial charge is 0.299 e. The van der Waals surface area contributed by atoms with Crippen molar-refractivity contribution in [1.82, 2.24) is 0 Å². The van der Waals surface area contributed by atoms with Gasteiger partial charge in [-0.3, -0.25) is 4.79 Å². The van der Waals surface area contributed by atoms with Crippen LogP contribution in [0.15, 0.2) is 0 Å². The summed E-state index contributed by atoms with van der Waals surface area (Å²) in [6, 6.07) is 0. The zero-order valence-electron chi connectivity index (χ0n) is 7.92. The molecular formula is C10H18O. The second kappa shape index (κ2) is 2.96. The van der Waals surface area contributed by atoms with Crippen molar-refractivity contribution in [2.75, 3.05) is 0 Å². The Labute approximate surface area is 69.2 Å². The van der Waals surface area contributed by atoms with Gasteiger partial charge in [0, 0.05) is 11.8 Å². The van der Waals surface area contributed by atoms with Crippen molar-refractivity contribution in [3.05, 3.63) is 0 Å². The highest BCUT2D eigenvalue weighted by Gasteiger charge is 2.41. The van der Waals surface area contributed by atoms with E-state index in [1.165, 1.54) is 0 Å². The second-order valence-electron chi connectivity index (χ2n) is 3.91. The molecule has 1 aliphatic rings. The minimum absolute atomic E-state index is 0.301. The van der Waals surface area contributed by atoms with Crippen molar-refractivity contribution in [3.8, 4) is 0 Å². The fraction of sp³-hybridized carbons (Fsp3) is 0.900. The Kier molecular flexibility index (Phi) is 2.36. The molecule has 11 heavy (non-hydrogen) atoms. The number of hydrogen-bond acceptors (Lipinski definition) is 1. The first-order valence-electron chi connectivity index (χ1n) is 4.63. The number of ketones is 1. The zero-order valence-corrected chi connectivity index (χ0v) is 7.92. The van der Waals surface area contributed by atoms with Crippen LogP contribution in [0.2, 0.25) is 0 Å². The summed E-state index contributed by atoms with van der Waals surface area (Å²) < 4.78 is 0. The maximum atomic E-state index is 11.5. The lowest BCUT2D eigenvalue weighted by molar-refractivity contribution is -0.123. The van der Waals surface area contributed by atoms with Crippen LogP contribution in [-0.4, -0.2) is 5.78 Å². The smallest absolute Gasteiger partial charge is 0.139 e. The minimum Gasteiger partial charge on any atom is -0.299 e. The molecule has 0 heterocycles. The van der Waals surface area contributed by atoms with Gasteiger partial charge in [0.15, 0.2) is 0 Å². The predicted octanol–water partition coefficient (Wildman–Crippen LogP) is 2.50. The van der Waals surface area contributed by atoms with Gasteiger partial charge in [0.05, 0.1) is 0 Å². The highest BCUT2D eigenvalue weighted by atomic mass is 16.1. The molecule has 0 radical (unpaired) electrons. The first kappa shape index (κ1) is 8.76. The molecule has 0 spiro atoms. The topological polar surface area (TPSA) is 17.1 Å². The van der Waals surface area contributed by atoms with Gasteiger partial charge >= 0.3 is 0 Å². The van der Waals surface area contributed by atoms with Crippen LogP contribution in [0.4, 0.5) is 0 Å². The van der Waals surface area contributed by atoms with Crippen LogP contribution in [0.3, 0.4) is 0 Å². The van der Waals surface area contributed by atoms with E-state index in [4.69, 9.17) is 0 Å². The van der Waals surface area contributed by atoms with E-state index < -0.39 is 0 Å². The normalized spacial score (nSPS) is 44.9. The van der Waals surface area contributed by atoms with Crippen LogP contribution in [0.5, 0.6) is 0 Å². The Hall–Kier alpha value is -0.330. The molecule has 4 unspecified atom stereocenters. The van der Waals surface area contributed by atoms with E-state index in [-0.39, 0.29) is 0 Å². The first-order valence-corrected chi connectivity index (χ1v) is 4.63. The maximum absolute atomic E-state index is 11.5. The zero-order chi connectivity index (χ0) is 8.59. The average Bonchev–Trinajstić information content (AvgIpc) is 2.17. The molecule has 1 saturated carbocycles. The minimum atomic E-state index is 0.301. The summed E-state index contributed by atoms with van der Waals surface area (Å²) in [6.45, 7) is 8.54. The van der Waals surface area contributed by atoms with Crippen LogP contribution in [0.1, 0.15) is 34.1 Å². The van der Waals surface area contributed by atoms with Gasteiger partial charge in [0.25, 0.3) is 0 Å². The summed E-state index contributed by atoms with van der Waals surface area (Å²) in [5, 5.41) is 0. The Morgan fingerprint density at radius 2 is 1.73 bits per heavy atom. The number of rotatable bonds is 1. The molecule has 0 amide bonds. The van der Waals surface area contributed by atoms with Crippen molar-refractivity contribution in [2.24, 2.45) is 23.7 Å². The van der Waals surface area contributed by atoms with Gasteiger partial charge in [0.2, 0.25) is 0 Å². The second-order valence-corrected chi connectivity index (χ2v) is 3.91. The summed E-state index contributed by atoms with van der Waals surface area (Å²) in [5.41, 5.74) is 0. The van der Waals surface area contributed by atoms with E-state index in [1.54, 1.807) is 0 Å². The van der Waals surface area contributed by atoms with Crippen molar-refractivity contribution >= 4 is 5.78 Å². The van der Waals surface area contributed by atoms with E-state index in [2.05, 4.69) is 27.7 Å². The van der Waals surface area contributed by atoms with Crippen LogP contribution in [0, 0.1) is 23.7 Å².